The summed E-state index contributed by atoms with van der Waals surface area (Å²) in [4.78, 5) is 38.7. The van der Waals surface area contributed by atoms with Gasteiger partial charge in [-0.15, -0.1) is 0 Å². The molecule has 0 radical (unpaired) electrons. The minimum absolute atomic E-state index is 0.0713. The summed E-state index contributed by atoms with van der Waals surface area (Å²) < 4.78 is 6.33. The van der Waals surface area contributed by atoms with Gasteiger partial charge >= 0.3 is 6.09 Å². The lowest BCUT2D eigenvalue weighted by molar-refractivity contribution is -0.123. The highest BCUT2D eigenvalue weighted by molar-refractivity contribution is 7.99. The third-order valence-electron chi connectivity index (χ3n) is 7.17. The number of nitriles is 1. The van der Waals surface area contributed by atoms with Crippen LogP contribution in [-0.2, 0) is 15.1 Å². The Hall–Kier alpha value is -2.22. The van der Waals surface area contributed by atoms with Gasteiger partial charge in [-0.1, -0.05) is 36.6 Å². The first-order valence-corrected chi connectivity index (χ1v) is 15.9. The molecule has 2 N–H and O–H groups in total. The molecule has 1 aromatic carbocycles. The van der Waals surface area contributed by atoms with Crippen molar-refractivity contribution in [1.29, 1.82) is 5.26 Å². The molecule has 1 aromatic rings. The van der Waals surface area contributed by atoms with Gasteiger partial charge in [-0.3, -0.25) is 13.9 Å². The number of carbonyl (C=O) groups is 3. The summed E-state index contributed by atoms with van der Waals surface area (Å²) >= 11 is 7.28. The Labute approximate surface area is 223 Å². The zero-order valence-corrected chi connectivity index (χ0v) is 23.4. The van der Waals surface area contributed by atoms with E-state index in [0.29, 0.717) is 30.0 Å². The number of halogens is 1. The van der Waals surface area contributed by atoms with Crippen LogP contribution in [0.1, 0.15) is 51.0 Å². The lowest BCUT2D eigenvalue weighted by atomic mass is 10.0. The van der Waals surface area contributed by atoms with E-state index in [1.54, 1.807) is 13.1 Å². The summed E-state index contributed by atoms with van der Waals surface area (Å²) in [6, 6.07) is 10.1. The average Bonchev–Trinajstić information content (AvgIpc) is 3.77. The molecule has 2 aliphatic carbocycles. The van der Waals surface area contributed by atoms with Crippen LogP contribution < -0.4 is 10.6 Å². The maximum Gasteiger partial charge on any atom is 0.420 e. The smallest absolute Gasteiger partial charge is 0.420 e. The molecule has 0 spiro atoms. The number of nitrogens with one attached hydrogen (secondary N) is 2. The Morgan fingerprint density at radius 1 is 1.44 bits per heavy atom. The Balaban J connectivity index is 1.40. The molecular weight excluding hydrogens is 516 g/mol. The number of nitrogens with zero attached hydrogens (tertiary/aromatic N) is 2. The highest BCUT2D eigenvalue weighted by Gasteiger charge is 2.50. The zero-order valence-electron chi connectivity index (χ0n) is 20.7. The molecule has 3 amide bonds. The molecule has 0 aromatic heterocycles. The SMILES string of the molecule is CN(S[C@](C)(CC1CC1)C(=O)N[C@H](C#N)C[Si@@H]1CCCNC1=O)C(=O)OC1(c2cccc(Cl)c2)CC1. The number of hydrogen-bond acceptors (Lipinski definition) is 6. The molecule has 1 aliphatic heterocycles. The van der Waals surface area contributed by atoms with E-state index in [4.69, 9.17) is 16.3 Å². The van der Waals surface area contributed by atoms with Gasteiger partial charge in [-0.2, -0.15) is 5.26 Å². The van der Waals surface area contributed by atoms with E-state index in [2.05, 4.69) is 16.7 Å². The predicted octanol–water partition coefficient (Wildman–Crippen LogP) is 4.53. The number of ether oxygens (including phenoxy) is 1. The monoisotopic (exact) mass is 548 g/mol. The molecule has 36 heavy (non-hydrogen) atoms. The number of benzene rings is 1. The second-order valence-electron chi connectivity index (χ2n) is 10.4. The maximum atomic E-state index is 13.5. The molecule has 194 valence electrons. The Morgan fingerprint density at radius 2 is 2.19 bits per heavy atom. The van der Waals surface area contributed by atoms with E-state index in [-0.39, 0.29) is 11.4 Å². The first-order chi connectivity index (χ1) is 17.1. The van der Waals surface area contributed by atoms with Crippen molar-refractivity contribution in [2.45, 2.75) is 73.9 Å². The summed E-state index contributed by atoms with van der Waals surface area (Å²) in [5.74, 6) is 0.129. The molecule has 3 atom stereocenters. The van der Waals surface area contributed by atoms with Gasteiger partial charge in [-0.25, -0.2) is 4.79 Å². The van der Waals surface area contributed by atoms with Crippen LogP contribution in [0.5, 0.6) is 0 Å². The number of rotatable bonds is 10. The van der Waals surface area contributed by atoms with Gasteiger partial charge in [0.05, 0.1) is 6.07 Å². The minimum atomic E-state index is -1.81. The molecule has 4 rings (SSSR count). The van der Waals surface area contributed by atoms with Crippen LogP contribution in [0.2, 0.25) is 17.1 Å². The molecule has 1 saturated heterocycles. The average molecular weight is 549 g/mol. The van der Waals surface area contributed by atoms with Crippen molar-refractivity contribution >= 4 is 49.9 Å². The molecule has 3 aliphatic rings. The molecule has 0 bridgehead atoms. The van der Waals surface area contributed by atoms with Crippen LogP contribution >= 0.6 is 23.5 Å². The number of carbonyl (C=O) groups excluding carboxylic acids is 3. The van der Waals surface area contributed by atoms with Crippen LogP contribution in [-0.4, -0.2) is 55.0 Å². The molecule has 11 heteroatoms. The van der Waals surface area contributed by atoms with E-state index in [1.165, 1.54) is 4.31 Å². The summed E-state index contributed by atoms with van der Waals surface area (Å²) in [5.41, 5.74) is 0.262. The quantitative estimate of drug-likeness (QED) is 0.328. The standard InChI is InChI=1S/C25H33ClN4O4SSi/c1-24(14-17-7-8-17,21(31)29-20(15-27)16-36-12-4-11-28-22(36)32)35-30(2)23(33)34-25(9-10-25)18-5-3-6-19(26)13-18/h3,5-6,13,17,20,36H,4,7-12,14,16H2,1-2H3,(H,28,32)(H,29,31)/t20-,24-,36+/m1/s1. The van der Waals surface area contributed by atoms with Gasteiger partial charge < -0.3 is 15.4 Å². The molecule has 2 saturated carbocycles. The van der Waals surface area contributed by atoms with Crippen molar-refractivity contribution in [2.24, 2.45) is 5.92 Å². The highest BCUT2D eigenvalue weighted by Crippen LogP contribution is 2.51. The lowest BCUT2D eigenvalue weighted by Gasteiger charge is -2.33. The van der Waals surface area contributed by atoms with Crippen molar-refractivity contribution in [3.63, 3.8) is 0 Å². The van der Waals surface area contributed by atoms with E-state index >= 15 is 0 Å². The molecular formula is C25H33ClN4O4SSi. The fourth-order valence-corrected chi connectivity index (χ4v) is 8.74. The van der Waals surface area contributed by atoms with Gasteiger partial charge in [0.25, 0.3) is 0 Å². The van der Waals surface area contributed by atoms with Crippen LogP contribution in [0.25, 0.3) is 0 Å². The fraction of sp³-hybridized carbons (Fsp3) is 0.600. The van der Waals surface area contributed by atoms with E-state index < -0.39 is 31.3 Å². The molecule has 1 heterocycles. The van der Waals surface area contributed by atoms with Crippen LogP contribution in [0.15, 0.2) is 24.3 Å². The van der Waals surface area contributed by atoms with Crippen LogP contribution in [0.4, 0.5) is 9.59 Å². The van der Waals surface area contributed by atoms with Gasteiger partial charge in [0.1, 0.15) is 25.2 Å². The van der Waals surface area contributed by atoms with E-state index in [9.17, 15) is 19.6 Å². The van der Waals surface area contributed by atoms with Gasteiger partial charge in [0.2, 0.25) is 5.91 Å². The van der Waals surface area contributed by atoms with Crippen molar-refractivity contribution in [2.75, 3.05) is 13.6 Å². The number of hydrogen-bond donors (Lipinski definition) is 2. The first kappa shape index (κ1) is 26.8. The van der Waals surface area contributed by atoms with Crippen molar-refractivity contribution in [3.8, 4) is 6.07 Å². The zero-order chi connectivity index (χ0) is 25.9. The summed E-state index contributed by atoms with van der Waals surface area (Å²) in [6.45, 7) is 2.50. The maximum absolute atomic E-state index is 13.5. The third-order valence-corrected chi connectivity index (χ3v) is 11.7. The minimum Gasteiger partial charge on any atom is -0.437 e. The van der Waals surface area contributed by atoms with Crippen molar-refractivity contribution in [3.05, 3.63) is 34.9 Å². The molecule has 0 unspecified atom stereocenters. The van der Waals surface area contributed by atoms with Crippen molar-refractivity contribution in [1.82, 2.24) is 14.9 Å². The van der Waals surface area contributed by atoms with Gasteiger partial charge in [-0.05, 0) is 80.3 Å². The second kappa shape index (κ2) is 11.0. The summed E-state index contributed by atoms with van der Waals surface area (Å²) in [5, 5.41) is 16.1. The highest BCUT2D eigenvalue weighted by atomic mass is 35.5. The second-order valence-corrected chi connectivity index (χ2v) is 15.4. The van der Waals surface area contributed by atoms with Gasteiger partial charge in [0.15, 0.2) is 5.53 Å². The summed E-state index contributed by atoms with van der Waals surface area (Å²) in [6.07, 6.45) is 4.54. The normalized spacial score (nSPS) is 22.8. The predicted molar refractivity (Wildman–Crippen MR) is 142 cm³/mol. The Morgan fingerprint density at radius 3 is 2.81 bits per heavy atom. The Bertz CT molecular complexity index is 1060. The number of amides is 3. The first-order valence-electron chi connectivity index (χ1n) is 12.5. The van der Waals surface area contributed by atoms with Crippen LogP contribution in [0.3, 0.4) is 0 Å². The topological polar surface area (TPSA) is 112 Å². The fourth-order valence-electron chi connectivity index (χ4n) is 4.75. The van der Waals surface area contributed by atoms with Gasteiger partial charge in [0, 0.05) is 18.6 Å². The van der Waals surface area contributed by atoms with Crippen LogP contribution in [0, 0.1) is 17.2 Å². The lowest BCUT2D eigenvalue weighted by Crippen LogP contribution is -2.51. The summed E-state index contributed by atoms with van der Waals surface area (Å²) in [7, 11) is -0.197. The van der Waals surface area contributed by atoms with E-state index in [1.807, 2.05) is 25.1 Å². The largest absolute Gasteiger partial charge is 0.437 e. The van der Waals surface area contributed by atoms with Crippen molar-refractivity contribution < 1.29 is 19.1 Å². The van der Waals surface area contributed by atoms with E-state index in [0.717, 1.165) is 55.7 Å². The third kappa shape index (κ3) is 6.55. The molecule has 3 fully saturated rings. The molecule has 8 nitrogen and oxygen atoms in total. The Kier molecular flexibility index (Phi) is 8.22.